The number of pyridine rings is 1. The fraction of sp³-hybridized carbons (Fsp3) is 0.308. The molecule has 0 radical (unpaired) electrons. The average molecular weight is 507 g/mol. The number of carbonyl (C=O) groups excluding carboxylic acids is 1. The highest BCUT2D eigenvalue weighted by atomic mass is 32.2. The number of methoxy groups -OCH3 is 1. The molecule has 1 N–H and O–H groups in total. The van der Waals surface area contributed by atoms with Crippen molar-refractivity contribution in [3.8, 4) is 5.75 Å². The van der Waals surface area contributed by atoms with Crippen LogP contribution in [0, 0.1) is 0 Å². The van der Waals surface area contributed by atoms with Crippen LogP contribution in [-0.4, -0.2) is 37.7 Å². The quantitative estimate of drug-likeness (QED) is 0.378. The molecule has 1 aliphatic carbocycles. The predicted molar refractivity (Wildman–Crippen MR) is 144 cm³/mol. The van der Waals surface area contributed by atoms with Gasteiger partial charge in [0.15, 0.2) is 0 Å². The van der Waals surface area contributed by atoms with E-state index in [-0.39, 0.29) is 17.5 Å². The van der Waals surface area contributed by atoms with E-state index >= 15 is 0 Å². The van der Waals surface area contributed by atoms with E-state index in [0.717, 1.165) is 37.0 Å². The Hall–Kier alpha value is -3.17. The summed E-state index contributed by atoms with van der Waals surface area (Å²) in [5.41, 5.74) is 1.68. The normalized spacial score (nSPS) is 18.0. The predicted octanol–water partition coefficient (Wildman–Crippen LogP) is 4.85. The van der Waals surface area contributed by atoms with Crippen molar-refractivity contribution in [2.45, 2.75) is 44.7 Å². The molecular weight excluding hydrogens is 480 g/mol. The van der Waals surface area contributed by atoms with E-state index in [0.29, 0.717) is 32.8 Å². The molecule has 3 heterocycles. The molecule has 9 heteroatoms. The van der Waals surface area contributed by atoms with Crippen LogP contribution < -0.4 is 15.6 Å². The molecule has 1 aromatic carbocycles. The van der Waals surface area contributed by atoms with Gasteiger partial charge in [0.05, 0.1) is 24.1 Å². The van der Waals surface area contributed by atoms with E-state index in [1.807, 2.05) is 36.4 Å². The zero-order valence-corrected chi connectivity index (χ0v) is 21.0. The van der Waals surface area contributed by atoms with Crippen LogP contribution in [0.1, 0.15) is 43.2 Å². The van der Waals surface area contributed by atoms with Gasteiger partial charge in [0.1, 0.15) is 21.5 Å². The largest absolute Gasteiger partial charge is 0.497 e. The van der Waals surface area contributed by atoms with Crippen molar-refractivity contribution >= 4 is 51.7 Å². The smallest absolute Gasteiger partial charge is 0.267 e. The standard InChI is InChI=1S/C26H26N4O3S2/c1-33-19-12-10-17(11-13-19)16-30-25(32)21(35-26(30)34)15-20-23(27-18-7-3-2-4-8-18)28-22-9-5-6-14-29(22)24(20)31/h5-6,9-15,18,27H,2-4,7-8,16H2,1H3/b21-15-. The van der Waals surface area contributed by atoms with Crippen molar-refractivity contribution < 1.29 is 9.53 Å². The Kier molecular flexibility index (Phi) is 6.88. The van der Waals surface area contributed by atoms with E-state index in [9.17, 15) is 9.59 Å². The average Bonchev–Trinajstić information content (AvgIpc) is 3.14. The second-order valence-electron chi connectivity index (χ2n) is 8.70. The van der Waals surface area contributed by atoms with Crippen LogP contribution in [0.5, 0.6) is 5.75 Å². The molecule has 3 aromatic rings. The Bertz CT molecular complexity index is 1360. The zero-order chi connectivity index (χ0) is 24.4. The van der Waals surface area contributed by atoms with Crippen LogP contribution in [0.25, 0.3) is 11.7 Å². The van der Waals surface area contributed by atoms with Gasteiger partial charge in [0.25, 0.3) is 11.5 Å². The molecule has 1 saturated heterocycles. The highest BCUT2D eigenvalue weighted by molar-refractivity contribution is 8.26. The van der Waals surface area contributed by atoms with Crippen molar-refractivity contribution in [3.63, 3.8) is 0 Å². The van der Waals surface area contributed by atoms with E-state index in [2.05, 4.69) is 5.32 Å². The summed E-state index contributed by atoms with van der Waals surface area (Å²) in [5, 5.41) is 3.50. The third-order valence-corrected chi connectivity index (χ3v) is 7.74. The number of anilines is 1. The highest BCUT2D eigenvalue weighted by Crippen LogP contribution is 2.34. The molecule has 1 amide bonds. The summed E-state index contributed by atoms with van der Waals surface area (Å²) in [6.45, 7) is 0.355. The third-order valence-electron chi connectivity index (χ3n) is 6.36. The number of thiocarbonyl (C=S) groups is 1. The molecule has 2 aliphatic rings. The summed E-state index contributed by atoms with van der Waals surface area (Å²) in [4.78, 5) is 33.5. The van der Waals surface area contributed by atoms with Gasteiger partial charge in [-0.2, -0.15) is 0 Å². The molecule has 0 atom stereocenters. The lowest BCUT2D eigenvalue weighted by Gasteiger charge is -2.24. The van der Waals surface area contributed by atoms with Crippen molar-refractivity contribution in [2.75, 3.05) is 12.4 Å². The number of benzene rings is 1. The first kappa shape index (κ1) is 23.6. The van der Waals surface area contributed by atoms with Crippen LogP contribution in [0.15, 0.2) is 58.4 Å². The van der Waals surface area contributed by atoms with Gasteiger partial charge in [-0.3, -0.25) is 18.9 Å². The number of aromatic nitrogens is 2. The SMILES string of the molecule is COc1ccc(CN2C(=O)/C(=C/c3c(NC4CCCCC4)nc4ccccn4c3=O)SC2=S)cc1. The van der Waals surface area contributed by atoms with Gasteiger partial charge < -0.3 is 10.1 Å². The van der Waals surface area contributed by atoms with Crippen molar-refractivity contribution in [3.05, 3.63) is 75.0 Å². The summed E-state index contributed by atoms with van der Waals surface area (Å²) in [5.74, 6) is 1.06. The fourth-order valence-corrected chi connectivity index (χ4v) is 5.70. The number of fused-ring (bicyclic) bond motifs is 1. The van der Waals surface area contributed by atoms with Gasteiger partial charge in [0, 0.05) is 12.2 Å². The summed E-state index contributed by atoms with van der Waals surface area (Å²) in [6.07, 6.45) is 8.97. The van der Waals surface area contributed by atoms with E-state index in [1.54, 1.807) is 30.3 Å². The third kappa shape index (κ3) is 4.97. The number of rotatable bonds is 6. The van der Waals surface area contributed by atoms with Crippen LogP contribution in [-0.2, 0) is 11.3 Å². The van der Waals surface area contributed by atoms with Gasteiger partial charge in [0.2, 0.25) is 0 Å². The van der Waals surface area contributed by atoms with Crippen molar-refractivity contribution in [1.29, 1.82) is 0 Å². The second kappa shape index (κ2) is 10.2. The number of nitrogens with one attached hydrogen (secondary N) is 1. The van der Waals surface area contributed by atoms with Crippen molar-refractivity contribution in [1.82, 2.24) is 14.3 Å². The molecule has 1 saturated carbocycles. The molecule has 35 heavy (non-hydrogen) atoms. The summed E-state index contributed by atoms with van der Waals surface area (Å²) in [7, 11) is 1.61. The first-order chi connectivity index (χ1) is 17.0. The number of carbonyl (C=O) groups is 1. The number of ether oxygens (including phenoxy) is 1. The molecule has 2 fully saturated rings. The number of nitrogens with zero attached hydrogens (tertiary/aromatic N) is 3. The lowest BCUT2D eigenvalue weighted by molar-refractivity contribution is -0.122. The lowest BCUT2D eigenvalue weighted by Crippen LogP contribution is -2.28. The number of hydrogen-bond donors (Lipinski definition) is 1. The van der Waals surface area contributed by atoms with Gasteiger partial charge in [-0.05, 0) is 48.7 Å². The second-order valence-corrected chi connectivity index (χ2v) is 10.4. The first-order valence-electron chi connectivity index (χ1n) is 11.7. The van der Waals surface area contributed by atoms with Gasteiger partial charge in [-0.25, -0.2) is 4.98 Å². The van der Waals surface area contributed by atoms with Crippen LogP contribution in [0.3, 0.4) is 0 Å². The van der Waals surface area contributed by atoms with Gasteiger partial charge >= 0.3 is 0 Å². The molecule has 0 bridgehead atoms. The van der Waals surface area contributed by atoms with Gasteiger partial charge in [-0.15, -0.1) is 0 Å². The van der Waals surface area contributed by atoms with E-state index < -0.39 is 0 Å². The lowest BCUT2D eigenvalue weighted by atomic mass is 9.95. The fourth-order valence-electron chi connectivity index (χ4n) is 4.46. The minimum atomic E-state index is -0.214. The molecular formula is C26H26N4O3S2. The maximum absolute atomic E-state index is 13.5. The number of thioether (sulfide) groups is 1. The molecule has 180 valence electrons. The van der Waals surface area contributed by atoms with E-state index in [1.165, 1.54) is 22.6 Å². The minimum Gasteiger partial charge on any atom is -0.497 e. The van der Waals surface area contributed by atoms with Crippen LogP contribution in [0.2, 0.25) is 0 Å². The van der Waals surface area contributed by atoms with Crippen LogP contribution in [0.4, 0.5) is 5.82 Å². The monoisotopic (exact) mass is 506 g/mol. The molecule has 0 unspecified atom stereocenters. The summed E-state index contributed by atoms with van der Waals surface area (Å²) < 4.78 is 7.18. The summed E-state index contributed by atoms with van der Waals surface area (Å²) >= 11 is 6.73. The maximum Gasteiger partial charge on any atom is 0.267 e. The summed E-state index contributed by atoms with van der Waals surface area (Å²) in [6, 6.07) is 13.3. The topological polar surface area (TPSA) is 75.9 Å². The Labute approximate surface area is 213 Å². The van der Waals surface area contributed by atoms with Crippen LogP contribution >= 0.6 is 24.0 Å². The Morgan fingerprint density at radius 2 is 1.91 bits per heavy atom. The highest BCUT2D eigenvalue weighted by Gasteiger charge is 2.33. The van der Waals surface area contributed by atoms with E-state index in [4.69, 9.17) is 21.9 Å². The number of hydrogen-bond acceptors (Lipinski definition) is 7. The molecule has 7 nitrogen and oxygen atoms in total. The zero-order valence-electron chi connectivity index (χ0n) is 19.4. The Morgan fingerprint density at radius 1 is 1.14 bits per heavy atom. The van der Waals surface area contributed by atoms with Gasteiger partial charge in [-0.1, -0.05) is 61.4 Å². The van der Waals surface area contributed by atoms with Crippen molar-refractivity contribution in [2.24, 2.45) is 0 Å². The molecule has 5 rings (SSSR count). The maximum atomic E-state index is 13.5. The first-order valence-corrected chi connectivity index (χ1v) is 12.9. The number of amides is 1. The molecule has 1 aliphatic heterocycles. The minimum absolute atomic E-state index is 0.211. The molecule has 2 aromatic heterocycles. The molecule has 0 spiro atoms. The Morgan fingerprint density at radius 3 is 2.66 bits per heavy atom. The Balaban J connectivity index is 1.48.